The second-order valence-electron chi connectivity index (χ2n) is 8.11. The molecule has 1 amide bonds. The highest BCUT2D eigenvalue weighted by Crippen LogP contribution is 2.31. The third kappa shape index (κ3) is 5.63. The zero-order valence-corrected chi connectivity index (χ0v) is 21.2. The predicted molar refractivity (Wildman–Crippen MR) is 131 cm³/mol. The number of sulfone groups is 2. The molecule has 0 atom stereocenters. The zero-order valence-electron chi connectivity index (χ0n) is 18.8. The fraction of sp³-hybridized carbons (Fsp3) is 0.364. The average Bonchev–Trinajstić information content (AvgIpc) is 3.22. The number of anilines is 1. The number of ether oxygens (including phenoxy) is 1. The molecule has 3 aromatic rings. The van der Waals surface area contributed by atoms with Gasteiger partial charge in [-0.05, 0) is 42.5 Å². The SMILES string of the molecule is CS(=O)(=O)c1ccc(C(=O)N(CCN2CCOCC2)c2nc3ccc(S(C)(=O)=O)cc3s2)cc1. The van der Waals surface area contributed by atoms with E-state index in [0.29, 0.717) is 47.2 Å². The van der Waals surface area contributed by atoms with E-state index in [0.717, 1.165) is 25.6 Å². The highest BCUT2D eigenvalue weighted by atomic mass is 32.2. The summed E-state index contributed by atoms with van der Waals surface area (Å²) in [7, 11) is -6.75. The Morgan fingerprint density at radius 3 is 2.24 bits per heavy atom. The van der Waals surface area contributed by atoms with Crippen LogP contribution in [0.15, 0.2) is 52.3 Å². The first-order valence-corrected chi connectivity index (χ1v) is 15.1. The minimum absolute atomic E-state index is 0.136. The molecule has 4 rings (SSSR count). The van der Waals surface area contributed by atoms with Crippen molar-refractivity contribution in [3.05, 3.63) is 48.0 Å². The summed E-state index contributed by atoms with van der Waals surface area (Å²) in [6.45, 7) is 3.78. The Morgan fingerprint density at radius 1 is 1.00 bits per heavy atom. The number of morpholine rings is 1. The second-order valence-corrected chi connectivity index (χ2v) is 13.1. The van der Waals surface area contributed by atoms with Crippen LogP contribution in [0.4, 0.5) is 5.13 Å². The molecule has 0 saturated carbocycles. The van der Waals surface area contributed by atoms with E-state index in [4.69, 9.17) is 4.74 Å². The molecule has 1 aliphatic heterocycles. The molecular weight excluding hydrogens is 498 g/mol. The molecule has 0 unspecified atom stereocenters. The van der Waals surface area contributed by atoms with Crippen molar-refractivity contribution in [2.75, 3.05) is 56.8 Å². The van der Waals surface area contributed by atoms with E-state index in [2.05, 4.69) is 9.88 Å². The van der Waals surface area contributed by atoms with Crippen molar-refractivity contribution in [2.45, 2.75) is 9.79 Å². The van der Waals surface area contributed by atoms with Gasteiger partial charge in [0.1, 0.15) is 0 Å². The molecular formula is C22H25N3O6S3. The largest absolute Gasteiger partial charge is 0.379 e. The molecule has 9 nitrogen and oxygen atoms in total. The Bertz CT molecular complexity index is 1410. The van der Waals surface area contributed by atoms with Crippen molar-refractivity contribution in [2.24, 2.45) is 0 Å². The smallest absolute Gasteiger partial charge is 0.260 e. The van der Waals surface area contributed by atoms with Gasteiger partial charge in [0, 0.05) is 44.3 Å². The van der Waals surface area contributed by atoms with E-state index in [1.54, 1.807) is 17.0 Å². The normalized spacial score (nSPS) is 15.5. The van der Waals surface area contributed by atoms with Crippen LogP contribution in [0.3, 0.4) is 0 Å². The molecule has 1 fully saturated rings. The zero-order chi connectivity index (χ0) is 24.5. The molecule has 182 valence electrons. The summed E-state index contributed by atoms with van der Waals surface area (Å²) in [5, 5.41) is 0.450. The standard InChI is InChI=1S/C22H25N3O6S3/c1-33(27,28)17-5-3-16(4-6-17)21(26)25(10-9-24-11-13-31-14-12-24)22-23-19-8-7-18(34(2,29)30)15-20(19)32-22/h3-8,15H,9-14H2,1-2H3. The van der Waals surface area contributed by atoms with Crippen molar-refractivity contribution in [1.29, 1.82) is 0 Å². The highest BCUT2D eigenvalue weighted by Gasteiger charge is 2.24. The van der Waals surface area contributed by atoms with Crippen molar-refractivity contribution >= 4 is 52.3 Å². The van der Waals surface area contributed by atoms with Crippen LogP contribution in [0.5, 0.6) is 0 Å². The lowest BCUT2D eigenvalue weighted by atomic mass is 10.2. The summed E-state index contributed by atoms with van der Waals surface area (Å²) in [6, 6.07) is 10.5. The number of carbonyl (C=O) groups excluding carboxylic acids is 1. The van der Waals surface area contributed by atoms with E-state index >= 15 is 0 Å². The monoisotopic (exact) mass is 523 g/mol. The Balaban J connectivity index is 1.67. The molecule has 0 bridgehead atoms. The van der Waals surface area contributed by atoms with E-state index < -0.39 is 19.7 Å². The summed E-state index contributed by atoms with van der Waals surface area (Å²) in [4.78, 5) is 22.2. The molecule has 2 heterocycles. The van der Waals surface area contributed by atoms with Gasteiger partial charge in [-0.3, -0.25) is 14.6 Å². The number of benzene rings is 2. The molecule has 34 heavy (non-hydrogen) atoms. The van der Waals surface area contributed by atoms with E-state index in [9.17, 15) is 21.6 Å². The average molecular weight is 524 g/mol. The molecule has 0 aliphatic carbocycles. The third-order valence-corrected chi connectivity index (χ3v) is 8.81. The van der Waals surface area contributed by atoms with Crippen LogP contribution >= 0.6 is 11.3 Å². The molecule has 1 aliphatic rings. The van der Waals surface area contributed by atoms with Crippen LogP contribution < -0.4 is 4.90 Å². The maximum Gasteiger partial charge on any atom is 0.260 e. The molecule has 0 radical (unpaired) electrons. The second kappa shape index (κ2) is 9.70. The fourth-order valence-corrected chi connectivity index (χ4v) is 5.97. The Labute approximate surface area is 202 Å². The first kappa shape index (κ1) is 24.7. The van der Waals surface area contributed by atoms with Crippen molar-refractivity contribution in [3.63, 3.8) is 0 Å². The molecule has 1 saturated heterocycles. The number of hydrogen-bond donors (Lipinski definition) is 0. The summed E-state index contributed by atoms with van der Waals surface area (Å²) in [6.07, 6.45) is 2.26. The minimum atomic E-state index is -3.38. The fourth-order valence-electron chi connectivity index (χ4n) is 3.59. The van der Waals surface area contributed by atoms with Crippen LogP contribution in [0.1, 0.15) is 10.4 Å². The van der Waals surface area contributed by atoms with Gasteiger partial charge in [-0.25, -0.2) is 21.8 Å². The lowest BCUT2D eigenvalue weighted by molar-refractivity contribution is 0.0391. The molecule has 2 aromatic carbocycles. The first-order valence-electron chi connectivity index (χ1n) is 10.5. The maximum atomic E-state index is 13.5. The summed E-state index contributed by atoms with van der Waals surface area (Å²) in [5.41, 5.74) is 0.939. The van der Waals surface area contributed by atoms with Crippen molar-refractivity contribution in [3.8, 4) is 0 Å². The maximum absolute atomic E-state index is 13.5. The highest BCUT2D eigenvalue weighted by molar-refractivity contribution is 7.91. The Hall–Kier alpha value is -2.38. The van der Waals surface area contributed by atoms with Gasteiger partial charge < -0.3 is 4.74 Å². The van der Waals surface area contributed by atoms with E-state index in [1.165, 1.54) is 41.7 Å². The van der Waals surface area contributed by atoms with Gasteiger partial charge in [0.25, 0.3) is 5.91 Å². The molecule has 0 N–H and O–H groups in total. The summed E-state index contributed by atoms with van der Waals surface area (Å²) < 4.78 is 53.5. The van der Waals surface area contributed by atoms with Gasteiger partial charge in [0.05, 0.1) is 33.2 Å². The van der Waals surface area contributed by atoms with Gasteiger partial charge in [-0.15, -0.1) is 0 Å². The number of rotatable bonds is 7. The van der Waals surface area contributed by atoms with Crippen molar-refractivity contribution < 1.29 is 26.4 Å². The van der Waals surface area contributed by atoms with Gasteiger partial charge in [0.2, 0.25) is 0 Å². The Kier molecular flexibility index (Phi) is 7.06. The van der Waals surface area contributed by atoms with Gasteiger partial charge in [-0.2, -0.15) is 0 Å². The lowest BCUT2D eigenvalue weighted by Crippen LogP contribution is -2.43. The number of amides is 1. The first-order chi connectivity index (χ1) is 16.0. The minimum Gasteiger partial charge on any atom is -0.379 e. The van der Waals surface area contributed by atoms with Gasteiger partial charge in [-0.1, -0.05) is 11.3 Å². The van der Waals surface area contributed by atoms with Crippen LogP contribution in [-0.4, -0.2) is 84.5 Å². The summed E-state index contributed by atoms with van der Waals surface area (Å²) in [5.74, 6) is -0.310. The molecule has 0 spiro atoms. The molecule has 1 aromatic heterocycles. The van der Waals surface area contributed by atoms with E-state index in [-0.39, 0.29) is 15.7 Å². The topological polar surface area (TPSA) is 114 Å². The van der Waals surface area contributed by atoms with Gasteiger partial charge >= 0.3 is 0 Å². The van der Waals surface area contributed by atoms with Gasteiger partial charge in [0.15, 0.2) is 24.8 Å². The number of thiazole rings is 1. The Morgan fingerprint density at radius 2 is 1.62 bits per heavy atom. The summed E-state index contributed by atoms with van der Waals surface area (Å²) >= 11 is 1.24. The van der Waals surface area contributed by atoms with Crippen LogP contribution in [-0.2, 0) is 24.4 Å². The predicted octanol–water partition coefficient (Wildman–Crippen LogP) is 2.08. The van der Waals surface area contributed by atoms with E-state index in [1.807, 2.05) is 0 Å². The number of nitrogens with zero attached hydrogens (tertiary/aromatic N) is 3. The van der Waals surface area contributed by atoms with Crippen molar-refractivity contribution in [1.82, 2.24) is 9.88 Å². The number of carbonyl (C=O) groups is 1. The number of aromatic nitrogens is 1. The van der Waals surface area contributed by atoms with Crippen LogP contribution in [0, 0.1) is 0 Å². The number of hydrogen-bond acceptors (Lipinski definition) is 9. The van der Waals surface area contributed by atoms with Crippen LogP contribution in [0.25, 0.3) is 10.2 Å². The molecule has 12 heteroatoms. The lowest BCUT2D eigenvalue weighted by Gasteiger charge is -2.29. The van der Waals surface area contributed by atoms with Crippen LogP contribution in [0.2, 0.25) is 0 Å². The third-order valence-electron chi connectivity index (χ3n) is 5.53. The quantitative estimate of drug-likeness (QED) is 0.463. The number of fused-ring (bicyclic) bond motifs is 1.